The van der Waals surface area contributed by atoms with Gasteiger partial charge in [0.05, 0.1) is 0 Å². The molecule has 2 amide bonds. The third-order valence-corrected chi connectivity index (χ3v) is 3.54. The highest BCUT2D eigenvalue weighted by molar-refractivity contribution is 9.10. The van der Waals surface area contributed by atoms with Crippen molar-refractivity contribution in [1.29, 1.82) is 0 Å². The van der Waals surface area contributed by atoms with Gasteiger partial charge in [-0.15, -0.1) is 0 Å². The van der Waals surface area contributed by atoms with Crippen molar-refractivity contribution in [3.8, 4) is 0 Å². The molecule has 5 heteroatoms. The summed E-state index contributed by atoms with van der Waals surface area (Å²) in [6, 6.07) is 7.42. The van der Waals surface area contributed by atoms with Gasteiger partial charge in [-0.25, -0.2) is 0 Å². The Kier molecular flexibility index (Phi) is 6.71. The summed E-state index contributed by atoms with van der Waals surface area (Å²) in [4.78, 5) is 23.0. The fraction of sp³-hybridized carbons (Fsp3) is 0.467. The van der Waals surface area contributed by atoms with Gasteiger partial charge >= 0.3 is 0 Å². The van der Waals surface area contributed by atoms with Crippen LogP contribution in [0.5, 0.6) is 0 Å². The lowest BCUT2D eigenvalue weighted by Gasteiger charge is -2.18. The van der Waals surface area contributed by atoms with E-state index in [4.69, 9.17) is 5.73 Å². The first-order valence-electron chi connectivity index (χ1n) is 6.73. The number of primary amides is 1. The number of benzene rings is 1. The van der Waals surface area contributed by atoms with Crippen LogP contribution in [0.4, 0.5) is 0 Å². The minimum Gasteiger partial charge on any atom is -0.368 e. The number of amides is 2. The van der Waals surface area contributed by atoms with Crippen LogP contribution < -0.4 is 11.1 Å². The van der Waals surface area contributed by atoms with Crippen LogP contribution in [0.2, 0.25) is 0 Å². The lowest BCUT2D eigenvalue weighted by molar-refractivity contribution is -0.128. The first-order valence-corrected chi connectivity index (χ1v) is 7.52. The molecule has 0 aliphatic heterocycles. The van der Waals surface area contributed by atoms with Crippen molar-refractivity contribution < 1.29 is 9.59 Å². The molecule has 1 unspecified atom stereocenters. The van der Waals surface area contributed by atoms with Crippen LogP contribution in [-0.2, 0) is 16.0 Å². The standard InChI is InChI=1S/C15H21BrN2O2/c1-10(2)14(15(17)20)18-13(19)8-4-6-11-5-3-7-12(16)9-11/h3,5,7,9-10,14H,4,6,8H2,1-2H3,(H2,17,20)(H,18,19). The molecular formula is C15H21BrN2O2. The molecule has 0 radical (unpaired) electrons. The van der Waals surface area contributed by atoms with E-state index in [9.17, 15) is 9.59 Å². The molecule has 0 aliphatic carbocycles. The van der Waals surface area contributed by atoms with E-state index in [0.717, 1.165) is 17.3 Å². The Morgan fingerprint density at radius 2 is 2.05 bits per heavy atom. The summed E-state index contributed by atoms with van der Waals surface area (Å²) in [7, 11) is 0. The third kappa shape index (κ3) is 5.74. The minimum absolute atomic E-state index is 0.00142. The van der Waals surface area contributed by atoms with Gasteiger partial charge in [-0.05, 0) is 36.5 Å². The second-order valence-corrected chi connectivity index (χ2v) is 6.09. The number of nitrogens with one attached hydrogen (secondary N) is 1. The van der Waals surface area contributed by atoms with Gasteiger partial charge < -0.3 is 11.1 Å². The fourth-order valence-corrected chi connectivity index (χ4v) is 2.40. The Bertz CT molecular complexity index is 475. The molecule has 1 rings (SSSR count). The number of hydrogen-bond donors (Lipinski definition) is 2. The number of halogens is 1. The Morgan fingerprint density at radius 3 is 2.60 bits per heavy atom. The quantitative estimate of drug-likeness (QED) is 0.799. The van der Waals surface area contributed by atoms with Crippen LogP contribution in [0.25, 0.3) is 0 Å². The van der Waals surface area contributed by atoms with Crippen molar-refractivity contribution in [2.45, 2.75) is 39.2 Å². The van der Waals surface area contributed by atoms with E-state index in [1.165, 1.54) is 5.56 Å². The smallest absolute Gasteiger partial charge is 0.240 e. The number of carbonyl (C=O) groups is 2. The molecule has 0 saturated heterocycles. The van der Waals surface area contributed by atoms with E-state index in [1.807, 2.05) is 38.1 Å². The van der Waals surface area contributed by atoms with Crippen LogP contribution in [-0.4, -0.2) is 17.9 Å². The van der Waals surface area contributed by atoms with Crippen LogP contribution >= 0.6 is 15.9 Å². The molecule has 1 aromatic rings. The molecule has 3 N–H and O–H groups in total. The fourth-order valence-electron chi connectivity index (χ4n) is 1.96. The SMILES string of the molecule is CC(C)C(NC(=O)CCCc1cccc(Br)c1)C(N)=O. The topological polar surface area (TPSA) is 72.2 Å². The zero-order chi connectivity index (χ0) is 15.1. The van der Waals surface area contributed by atoms with Gasteiger partial charge in [0.1, 0.15) is 6.04 Å². The molecule has 0 saturated carbocycles. The summed E-state index contributed by atoms with van der Waals surface area (Å²) in [5.74, 6) is -0.612. The molecule has 110 valence electrons. The predicted molar refractivity (Wildman–Crippen MR) is 83.0 cm³/mol. The van der Waals surface area contributed by atoms with Crippen LogP contribution in [0.15, 0.2) is 28.7 Å². The second kappa shape index (κ2) is 8.04. The highest BCUT2D eigenvalue weighted by atomic mass is 79.9. The van der Waals surface area contributed by atoms with E-state index >= 15 is 0 Å². The molecule has 1 aromatic carbocycles. The van der Waals surface area contributed by atoms with Crippen molar-refractivity contribution >= 4 is 27.7 Å². The van der Waals surface area contributed by atoms with E-state index in [0.29, 0.717) is 6.42 Å². The number of hydrogen-bond acceptors (Lipinski definition) is 2. The van der Waals surface area contributed by atoms with E-state index in [1.54, 1.807) is 0 Å². The van der Waals surface area contributed by atoms with Gasteiger partial charge in [-0.3, -0.25) is 9.59 Å². The zero-order valence-corrected chi connectivity index (χ0v) is 13.4. The van der Waals surface area contributed by atoms with Crippen molar-refractivity contribution in [1.82, 2.24) is 5.32 Å². The van der Waals surface area contributed by atoms with E-state index in [2.05, 4.69) is 21.2 Å². The lowest BCUT2D eigenvalue weighted by Crippen LogP contribution is -2.47. The Labute approximate surface area is 128 Å². The van der Waals surface area contributed by atoms with Crippen LogP contribution in [0.1, 0.15) is 32.3 Å². The molecule has 0 aliphatic rings. The van der Waals surface area contributed by atoms with Gasteiger partial charge in [0, 0.05) is 10.9 Å². The average Bonchev–Trinajstić information content (AvgIpc) is 2.35. The molecule has 0 aromatic heterocycles. The summed E-state index contributed by atoms with van der Waals surface area (Å²) in [6.07, 6.45) is 1.96. The first kappa shape index (κ1) is 16.7. The number of carbonyl (C=O) groups excluding carboxylic acids is 2. The predicted octanol–water partition coefficient (Wildman–Crippen LogP) is 2.40. The van der Waals surface area contributed by atoms with Gasteiger partial charge in [-0.1, -0.05) is 41.9 Å². The summed E-state index contributed by atoms with van der Waals surface area (Å²) in [5, 5.41) is 2.69. The van der Waals surface area contributed by atoms with Gasteiger partial charge in [0.15, 0.2) is 0 Å². The summed E-state index contributed by atoms with van der Waals surface area (Å²) in [6.45, 7) is 3.72. The molecule has 0 bridgehead atoms. The normalized spacial score (nSPS) is 12.2. The number of nitrogens with two attached hydrogens (primary N) is 1. The van der Waals surface area contributed by atoms with Crippen molar-refractivity contribution in [3.05, 3.63) is 34.3 Å². The largest absolute Gasteiger partial charge is 0.368 e. The Morgan fingerprint density at radius 1 is 1.35 bits per heavy atom. The molecule has 4 nitrogen and oxygen atoms in total. The van der Waals surface area contributed by atoms with E-state index in [-0.39, 0.29) is 11.8 Å². The highest BCUT2D eigenvalue weighted by Gasteiger charge is 2.21. The molecule has 0 fully saturated rings. The summed E-state index contributed by atoms with van der Waals surface area (Å²) < 4.78 is 1.04. The molecule has 20 heavy (non-hydrogen) atoms. The first-order chi connectivity index (χ1) is 9.40. The van der Waals surface area contributed by atoms with Crippen LogP contribution in [0.3, 0.4) is 0 Å². The maximum atomic E-state index is 11.8. The molecule has 1 atom stereocenters. The molecule has 0 spiro atoms. The lowest BCUT2D eigenvalue weighted by atomic mass is 10.0. The van der Waals surface area contributed by atoms with E-state index < -0.39 is 11.9 Å². The maximum absolute atomic E-state index is 11.8. The molecular weight excluding hydrogens is 320 g/mol. The van der Waals surface area contributed by atoms with Gasteiger partial charge in [0.2, 0.25) is 11.8 Å². The van der Waals surface area contributed by atoms with Crippen molar-refractivity contribution in [2.75, 3.05) is 0 Å². The van der Waals surface area contributed by atoms with Crippen molar-refractivity contribution in [2.24, 2.45) is 11.7 Å². The Hall–Kier alpha value is -1.36. The second-order valence-electron chi connectivity index (χ2n) is 5.18. The summed E-state index contributed by atoms with van der Waals surface area (Å²) >= 11 is 3.42. The average molecular weight is 341 g/mol. The highest BCUT2D eigenvalue weighted by Crippen LogP contribution is 2.13. The van der Waals surface area contributed by atoms with Gasteiger partial charge in [0.25, 0.3) is 0 Å². The molecule has 0 heterocycles. The van der Waals surface area contributed by atoms with Crippen molar-refractivity contribution in [3.63, 3.8) is 0 Å². The number of aryl methyl sites for hydroxylation is 1. The Balaban J connectivity index is 2.38. The van der Waals surface area contributed by atoms with Gasteiger partial charge in [-0.2, -0.15) is 0 Å². The zero-order valence-electron chi connectivity index (χ0n) is 11.9. The third-order valence-electron chi connectivity index (χ3n) is 3.05. The number of rotatable bonds is 7. The minimum atomic E-state index is -0.589. The summed E-state index contributed by atoms with van der Waals surface area (Å²) in [5.41, 5.74) is 6.45. The monoisotopic (exact) mass is 340 g/mol. The van der Waals surface area contributed by atoms with Crippen LogP contribution in [0, 0.1) is 5.92 Å². The maximum Gasteiger partial charge on any atom is 0.240 e.